The Morgan fingerprint density at radius 3 is 2.31 bits per heavy atom. The third kappa shape index (κ3) is 10.0. The van der Waals surface area contributed by atoms with Crippen LogP contribution in [0.1, 0.15) is 68.1 Å². The lowest BCUT2D eigenvalue weighted by Gasteiger charge is -2.29. The first-order valence-corrected chi connectivity index (χ1v) is 14.8. The van der Waals surface area contributed by atoms with E-state index >= 15 is 4.39 Å². The van der Waals surface area contributed by atoms with Crippen LogP contribution >= 0.6 is 0 Å². The Labute approximate surface area is 249 Å². The zero-order valence-electron chi connectivity index (χ0n) is 24.7. The van der Waals surface area contributed by atoms with E-state index in [1.165, 1.54) is 6.42 Å². The lowest BCUT2D eigenvalue weighted by Crippen LogP contribution is -2.18. The van der Waals surface area contributed by atoms with Gasteiger partial charge in [-0.05, 0) is 97.6 Å². The molecule has 0 bridgehead atoms. The molecule has 42 heavy (non-hydrogen) atoms. The monoisotopic (exact) mass is 580 g/mol. The summed E-state index contributed by atoms with van der Waals surface area (Å²) < 4.78 is 26.1. The maximum absolute atomic E-state index is 15.5. The highest BCUT2D eigenvalue weighted by atomic mass is 19.1. The van der Waals surface area contributed by atoms with E-state index in [1.54, 1.807) is 6.07 Å². The molecule has 6 nitrogen and oxygen atoms in total. The van der Waals surface area contributed by atoms with Crippen LogP contribution in [0.3, 0.4) is 0 Å². The van der Waals surface area contributed by atoms with E-state index in [4.69, 9.17) is 19.7 Å². The molecule has 0 saturated heterocycles. The number of hydrogen-bond acceptors (Lipinski definition) is 6. The first kappa shape index (κ1) is 33.4. The minimum absolute atomic E-state index is 0.0117. The summed E-state index contributed by atoms with van der Waals surface area (Å²) in [4.78, 5) is 11.9. The van der Waals surface area contributed by atoms with Crippen LogP contribution in [0.5, 0.6) is 0 Å². The predicted molar refractivity (Wildman–Crippen MR) is 163 cm³/mol. The largest absolute Gasteiger partial charge is 0.462 e. The molecule has 1 saturated carbocycles. The molecular weight excluding hydrogens is 535 g/mol. The van der Waals surface area contributed by atoms with Crippen LogP contribution in [0.2, 0.25) is 0 Å². The van der Waals surface area contributed by atoms with Crippen LogP contribution in [0.25, 0.3) is 11.1 Å². The Morgan fingerprint density at radius 1 is 1.00 bits per heavy atom. The molecule has 0 spiro atoms. The van der Waals surface area contributed by atoms with Gasteiger partial charge in [0.05, 0.1) is 32.0 Å². The zero-order chi connectivity index (χ0) is 30.5. The highest BCUT2D eigenvalue weighted by molar-refractivity contribution is 5.87. The fourth-order valence-electron chi connectivity index (χ4n) is 5.43. The van der Waals surface area contributed by atoms with Gasteiger partial charge in [-0.2, -0.15) is 0 Å². The number of carbonyl (C=O) groups excluding carboxylic acids is 1. The summed E-state index contributed by atoms with van der Waals surface area (Å²) in [6.07, 6.45) is 10.5. The second-order valence-corrected chi connectivity index (χ2v) is 11.1. The van der Waals surface area contributed by atoms with Gasteiger partial charge in [-0.1, -0.05) is 55.6 Å². The molecule has 3 N–H and O–H groups in total. The first-order valence-electron chi connectivity index (χ1n) is 14.8. The second-order valence-electron chi connectivity index (χ2n) is 11.1. The van der Waals surface area contributed by atoms with Crippen molar-refractivity contribution in [3.63, 3.8) is 0 Å². The highest BCUT2D eigenvalue weighted by Crippen LogP contribution is 2.39. The summed E-state index contributed by atoms with van der Waals surface area (Å²) in [6, 6.07) is 11.4. The van der Waals surface area contributed by atoms with Crippen LogP contribution in [0.15, 0.2) is 72.9 Å². The quantitative estimate of drug-likeness (QED) is 0.0950. The number of ether oxygens (including phenoxy) is 2. The second kappa shape index (κ2) is 17.1. The van der Waals surface area contributed by atoms with Gasteiger partial charge in [-0.15, -0.1) is 0 Å². The van der Waals surface area contributed by atoms with E-state index < -0.39 is 18.9 Å². The summed E-state index contributed by atoms with van der Waals surface area (Å²) in [5, 5.41) is 28.2. The predicted octanol–water partition coefficient (Wildman–Crippen LogP) is 6.18. The van der Waals surface area contributed by atoms with E-state index in [2.05, 4.69) is 25.3 Å². The number of rotatable bonds is 16. The number of aliphatic hydroxyl groups is 3. The van der Waals surface area contributed by atoms with Gasteiger partial charge in [0.2, 0.25) is 0 Å². The molecule has 0 amide bonds. The van der Waals surface area contributed by atoms with Gasteiger partial charge in [0, 0.05) is 12.0 Å². The number of hydrogen-bond donors (Lipinski definition) is 3. The van der Waals surface area contributed by atoms with E-state index in [-0.39, 0.29) is 42.7 Å². The summed E-state index contributed by atoms with van der Waals surface area (Å²) in [7, 11) is 0. The van der Waals surface area contributed by atoms with Crippen LogP contribution in [-0.2, 0) is 27.1 Å². The summed E-state index contributed by atoms with van der Waals surface area (Å²) in [5.41, 5.74) is 4.30. The molecule has 1 aliphatic carbocycles. The molecule has 1 atom stereocenters. The number of aliphatic hydroxyl groups excluding tert-OH is 3. The molecule has 7 heteroatoms. The van der Waals surface area contributed by atoms with Crippen LogP contribution in [0, 0.1) is 11.7 Å². The SMILES string of the molecule is C=C(CO)C(=O)OCCc1cc(CCOC(O)C(=C)CO)cc(-c2ccc(C3CCC(CC/C=C/C)CC3)c(F)c2)c1. The summed E-state index contributed by atoms with van der Waals surface area (Å²) in [5.74, 6) is 0.111. The standard InChI is InChI=1S/C35H45FO6/c1-4-5-6-7-26-8-10-29(11-9-26)32-13-12-30(21-33(32)36)31-19-27(14-16-41-34(39)24(2)22-37)18-28(20-31)15-17-42-35(40)25(3)23-38/h4-5,12-13,18-21,26,29,34,37-39H,2-3,6-11,14-17,22-23H2,1H3/b5-4+. The number of halogens is 1. The van der Waals surface area contributed by atoms with Gasteiger partial charge >= 0.3 is 5.97 Å². The van der Waals surface area contributed by atoms with Crippen molar-refractivity contribution in [1.29, 1.82) is 0 Å². The van der Waals surface area contributed by atoms with Crippen molar-refractivity contribution in [2.45, 2.75) is 70.5 Å². The summed E-state index contributed by atoms with van der Waals surface area (Å²) >= 11 is 0. The van der Waals surface area contributed by atoms with E-state index in [9.17, 15) is 9.90 Å². The van der Waals surface area contributed by atoms with E-state index in [0.29, 0.717) is 18.8 Å². The normalized spacial score (nSPS) is 17.7. The molecular formula is C35H45FO6. The maximum atomic E-state index is 15.5. The number of esters is 1. The Morgan fingerprint density at radius 2 is 1.69 bits per heavy atom. The fraction of sp³-hybridized carbons (Fsp3) is 0.457. The van der Waals surface area contributed by atoms with Crippen molar-refractivity contribution in [2.24, 2.45) is 5.92 Å². The van der Waals surface area contributed by atoms with Crippen molar-refractivity contribution in [2.75, 3.05) is 26.4 Å². The molecule has 0 aliphatic heterocycles. The minimum Gasteiger partial charge on any atom is -0.462 e. The number of allylic oxidation sites excluding steroid dienone is 2. The smallest absolute Gasteiger partial charge is 0.335 e. The molecule has 228 valence electrons. The topological polar surface area (TPSA) is 96.2 Å². The third-order valence-corrected chi connectivity index (χ3v) is 7.97. The average Bonchev–Trinajstić information content (AvgIpc) is 3.00. The average molecular weight is 581 g/mol. The molecule has 3 rings (SSSR count). The lowest BCUT2D eigenvalue weighted by atomic mass is 9.77. The molecule has 2 aromatic rings. The number of carbonyl (C=O) groups is 1. The molecule has 0 heterocycles. The minimum atomic E-state index is -1.26. The van der Waals surface area contributed by atoms with Gasteiger partial charge in [0.15, 0.2) is 6.29 Å². The van der Waals surface area contributed by atoms with E-state index in [0.717, 1.165) is 59.9 Å². The zero-order valence-corrected chi connectivity index (χ0v) is 24.7. The van der Waals surface area contributed by atoms with Crippen molar-refractivity contribution in [3.05, 3.63) is 95.4 Å². The van der Waals surface area contributed by atoms with Crippen LogP contribution in [0.4, 0.5) is 4.39 Å². The van der Waals surface area contributed by atoms with Crippen molar-refractivity contribution < 1.29 is 34.0 Å². The van der Waals surface area contributed by atoms with Gasteiger partial charge in [-0.3, -0.25) is 0 Å². The maximum Gasteiger partial charge on any atom is 0.335 e. The Balaban J connectivity index is 1.74. The fourth-order valence-corrected chi connectivity index (χ4v) is 5.43. The Kier molecular flexibility index (Phi) is 13.6. The molecule has 0 radical (unpaired) electrons. The van der Waals surface area contributed by atoms with Gasteiger partial charge in [0.1, 0.15) is 5.82 Å². The Hall–Kier alpha value is -3.10. The van der Waals surface area contributed by atoms with Gasteiger partial charge in [-0.25, -0.2) is 9.18 Å². The van der Waals surface area contributed by atoms with Crippen molar-refractivity contribution in [3.8, 4) is 11.1 Å². The molecule has 2 aromatic carbocycles. The van der Waals surface area contributed by atoms with Crippen molar-refractivity contribution >= 4 is 5.97 Å². The van der Waals surface area contributed by atoms with Crippen LogP contribution in [-0.4, -0.2) is 54.0 Å². The molecule has 1 fully saturated rings. The number of benzene rings is 2. The molecule has 0 aromatic heterocycles. The van der Waals surface area contributed by atoms with Crippen molar-refractivity contribution in [1.82, 2.24) is 0 Å². The van der Waals surface area contributed by atoms with Crippen LogP contribution < -0.4 is 0 Å². The van der Waals surface area contributed by atoms with Gasteiger partial charge < -0.3 is 24.8 Å². The summed E-state index contributed by atoms with van der Waals surface area (Å²) in [6.45, 7) is 8.54. The van der Waals surface area contributed by atoms with E-state index in [1.807, 2.05) is 37.3 Å². The highest BCUT2D eigenvalue weighted by Gasteiger charge is 2.24. The third-order valence-electron chi connectivity index (χ3n) is 7.97. The molecule has 1 aliphatic rings. The first-order chi connectivity index (χ1) is 20.2. The Bertz CT molecular complexity index is 1230. The molecule has 1 unspecified atom stereocenters. The van der Waals surface area contributed by atoms with Gasteiger partial charge in [0.25, 0.3) is 0 Å². The lowest BCUT2D eigenvalue weighted by molar-refractivity contribution is -0.139.